The third kappa shape index (κ3) is 4.21. The summed E-state index contributed by atoms with van der Waals surface area (Å²) in [7, 11) is 1.67. The first kappa shape index (κ1) is 17.9. The van der Waals surface area contributed by atoms with Crippen molar-refractivity contribution in [3.8, 4) is 11.4 Å². The number of amides is 1. The Hall–Kier alpha value is -2.86. The molecule has 3 rings (SSSR count). The Labute approximate surface area is 155 Å². The highest BCUT2D eigenvalue weighted by atomic mass is 35.5. The standard InChI is InChI=1S/C19H17ClFN3O2/c1-23(9-10-26-16-6-4-5-15(20)11-16)19(25)14-12-22-24(13-14)18-8-3-2-7-17(18)21/h2-8,11-13H,9-10H2,1H3. The van der Waals surface area contributed by atoms with Crippen molar-refractivity contribution in [2.24, 2.45) is 0 Å². The number of hydrogen-bond acceptors (Lipinski definition) is 3. The Bertz CT molecular complexity index is 913. The Kier molecular flexibility index (Phi) is 5.53. The van der Waals surface area contributed by atoms with Crippen molar-refractivity contribution >= 4 is 17.5 Å². The summed E-state index contributed by atoms with van der Waals surface area (Å²) < 4.78 is 20.7. The first-order valence-corrected chi connectivity index (χ1v) is 8.36. The van der Waals surface area contributed by atoms with Crippen LogP contribution in [0.4, 0.5) is 4.39 Å². The number of carbonyl (C=O) groups is 1. The Balaban J connectivity index is 1.59. The number of para-hydroxylation sites is 1. The molecule has 0 spiro atoms. The lowest BCUT2D eigenvalue weighted by molar-refractivity contribution is 0.0773. The number of nitrogens with zero attached hydrogens (tertiary/aromatic N) is 3. The van der Waals surface area contributed by atoms with Crippen LogP contribution >= 0.6 is 11.6 Å². The lowest BCUT2D eigenvalue weighted by atomic mass is 10.3. The Morgan fingerprint density at radius 2 is 2.08 bits per heavy atom. The molecule has 0 N–H and O–H groups in total. The summed E-state index contributed by atoms with van der Waals surface area (Å²) >= 11 is 5.90. The topological polar surface area (TPSA) is 47.4 Å². The van der Waals surface area contributed by atoms with Crippen LogP contribution in [0.15, 0.2) is 60.9 Å². The molecule has 0 unspecified atom stereocenters. The zero-order valence-electron chi connectivity index (χ0n) is 14.1. The van der Waals surface area contributed by atoms with Crippen LogP contribution in [0.1, 0.15) is 10.4 Å². The molecule has 26 heavy (non-hydrogen) atoms. The summed E-state index contributed by atoms with van der Waals surface area (Å²) in [5.41, 5.74) is 0.664. The summed E-state index contributed by atoms with van der Waals surface area (Å²) in [5.74, 6) is 0.0193. The lowest BCUT2D eigenvalue weighted by Gasteiger charge is -2.16. The maximum absolute atomic E-state index is 13.8. The molecule has 0 atom stereocenters. The second kappa shape index (κ2) is 8.01. The predicted molar refractivity (Wildman–Crippen MR) is 97.4 cm³/mol. The van der Waals surface area contributed by atoms with E-state index < -0.39 is 5.82 Å². The lowest BCUT2D eigenvalue weighted by Crippen LogP contribution is -2.30. The van der Waals surface area contributed by atoms with Crippen molar-refractivity contribution in [2.45, 2.75) is 0 Å². The molecule has 3 aromatic rings. The molecule has 0 saturated carbocycles. The van der Waals surface area contributed by atoms with Gasteiger partial charge < -0.3 is 9.64 Å². The third-order valence-electron chi connectivity index (χ3n) is 3.77. The highest BCUT2D eigenvalue weighted by Crippen LogP contribution is 2.17. The minimum atomic E-state index is -0.405. The normalized spacial score (nSPS) is 10.6. The second-order valence-corrected chi connectivity index (χ2v) is 6.09. The zero-order valence-corrected chi connectivity index (χ0v) is 14.9. The fourth-order valence-corrected chi connectivity index (χ4v) is 2.56. The minimum Gasteiger partial charge on any atom is -0.492 e. The predicted octanol–water partition coefficient (Wildman–Crippen LogP) is 3.82. The van der Waals surface area contributed by atoms with Gasteiger partial charge >= 0.3 is 0 Å². The van der Waals surface area contributed by atoms with E-state index in [1.54, 1.807) is 49.5 Å². The molecule has 0 saturated heterocycles. The van der Waals surface area contributed by atoms with E-state index in [-0.39, 0.29) is 5.91 Å². The van der Waals surface area contributed by atoms with Crippen molar-refractivity contribution in [3.05, 3.63) is 77.3 Å². The maximum Gasteiger partial charge on any atom is 0.256 e. The van der Waals surface area contributed by atoms with E-state index in [2.05, 4.69) is 5.10 Å². The fraction of sp³-hybridized carbons (Fsp3) is 0.158. The van der Waals surface area contributed by atoms with E-state index in [1.165, 1.54) is 28.0 Å². The largest absolute Gasteiger partial charge is 0.492 e. The van der Waals surface area contributed by atoms with Crippen LogP contribution in [0, 0.1) is 5.82 Å². The van der Waals surface area contributed by atoms with Crippen molar-refractivity contribution < 1.29 is 13.9 Å². The molecule has 1 aromatic heterocycles. The quantitative estimate of drug-likeness (QED) is 0.660. The number of benzene rings is 2. The van der Waals surface area contributed by atoms with Gasteiger partial charge in [-0.1, -0.05) is 29.8 Å². The number of halogens is 2. The molecule has 0 bridgehead atoms. The summed E-state index contributed by atoms with van der Waals surface area (Å²) in [6, 6.07) is 13.3. The average molecular weight is 374 g/mol. The average Bonchev–Trinajstić information content (AvgIpc) is 3.11. The monoisotopic (exact) mass is 373 g/mol. The van der Waals surface area contributed by atoms with Crippen LogP contribution in [0.25, 0.3) is 5.69 Å². The van der Waals surface area contributed by atoms with Gasteiger partial charge in [0.25, 0.3) is 5.91 Å². The van der Waals surface area contributed by atoms with E-state index in [4.69, 9.17) is 16.3 Å². The van der Waals surface area contributed by atoms with Gasteiger partial charge in [0, 0.05) is 18.3 Å². The number of aromatic nitrogens is 2. The number of hydrogen-bond donors (Lipinski definition) is 0. The van der Waals surface area contributed by atoms with Gasteiger partial charge in [-0.05, 0) is 30.3 Å². The molecule has 7 heteroatoms. The minimum absolute atomic E-state index is 0.220. The van der Waals surface area contributed by atoms with Gasteiger partial charge in [-0.2, -0.15) is 5.10 Å². The van der Waals surface area contributed by atoms with Gasteiger partial charge in [0.1, 0.15) is 23.9 Å². The van der Waals surface area contributed by atoms with Gasteiger partial charge in [-0.15, -0.1) is 0 Å². The Morgan fingerprint density at radius 3 is 2.85 bits per heavy atom. The molecule has 0 radical (unpaired) electrons. The van der Waals surface area contributed by atoms with Crippen molar-refractivity contribution in [2.75, 3.05) is 20.2 Å². The summed E-state index contributed by atoms with van der Waals surface area (Å²) in [4.78, 5) is 14.0. The third-order valence-corrected chi connectivity index (χ3v) is 4.00. The van der Waals surface area contributed by atoms with Gasteiger partial charge in [0.05, 0.1) is 18.3 Å². The number of likely N-dealkylation sites (N-methyl/N-ethyl adjacent to an activating group) is 1. The molecular weight excluding hydrogens is 357 g/mol. The van der Waals surface area contributed by atoms with E-state index in [0.717, 1.165) is 0 Å². The first-order chi connectivity index (χ1) is 12.5. The van der Waals surface area contributed by atoms with Crippen LogP contribution in [0.5, 0.6) is 5.75 Å². The van der Waals surface area contributed by atoms with Crippen molar-refractivity contribution in [1.82, 2.24) is 14.7 Å². The number of rotatable bonds is 6. The van der Waals surface area contributed by atoms with Gasteiger partial charge in [-0.3, -0.25) is 4.79 Å². The highest BCUT2D eigenvalue weighted by molar-refractivity contribution is 6.30. The molecule has 2 aromatic carbocycles. The molecular formula is C19H17ClFN3O2. The molecule has 134 valence electrons. The van der Waals surface area contributed by atoms with Gasteiger partial charge in [0.15, 0.2) is 0 Å². The number of ether oxygens (including phenoxy) is 1. The van der Waals surface area contributed by atoms with Crippen LogP contribution in [0.3, 0.4) is 0 Å². The summed E-state index contributed by atoms with van der Waals surface area (Å²) in [6.07, 6.45) is 2.93. The van der Waals surface area contributed by atoms with Crippen LogP contribution < -0.4 is 4.74 Å². The molecule has 5 nitrogen and oxygen atoms in total. The SMILES string of the molecule is CN(CCOc1cccc(Cl)c1)C(=O)c1cnn(-c2ccccc2F)c1. The van der Waals surface area contributed by atoms with Crippen LogP contribution in [-0.2, 0) is 0 Å². The summed E-state index contributed by atoms with van der Waals surface area (Å²) in [5, 5.41) is 4.66. The maximum atomic E-state index is 13.8. The zero-order chi connectivity index (χ0) is 18.5. The van der Waals surface area contributed by atoms with Gasteiger partial charge in [0.2, 0.25) is 0 Å². The van der Waals surface area contributed by atoms with Crippen LogP contribution in [-0.4, -0.2) is 40.8 Å². The van der Waals surface area contributed by atoms with Gasteiger partial charge in [-0.25, -0.2) is 9.07 Å². The van der Waals surface area contributed by atoms with Crippen molar-refractivity contribution in [3.63, 3.8) is 0 Å². The van der Waals surface area contributed by atoms with E-state index in [9.17, 15) is 9.18 Å². The molecule has 0 aliphatic heterocycles. The number of carbonyl (C=O) groups excluding carboxylic acids is 1. The molecule has 1 heterocycles. The van der Waals surface area contributed by atoms with Crippen LogP contribution in [0.2, 0.25) is 5.02 Å². The molecule has 1 amide bonds. The smallest absolute Gasteiger partial charge is 0.256 e. The van der Waals surface area contributed by atoms with E-state index in [1.807, 2.05) is 0 Å². The Morgan fingerprint density at radius 1 is 1.27 bits per heavy atom. The van der Waals surface area contributed by atoms with E-state index in [0.29, 0.717) is 35.2 Å². The first-order valence-electron chi connectivity index (χ1n) is 7.98. The molecule has 0 fully saturated rings. The molecule has 0 aliphatic rings. The van der Waals surface area contributed by atoms with E-state index >= 15 is 0 Å². The highest BCUT2D eigenvalue weighted by Gasteiger charge is 2.15. The molecule has 0 aliphatic carbocycles. The fourth-order valence-electron chi connectivity index (χ4n) is 2.38. The van der Waals surface area contributed by atoms with Crippen molar-refractivity contribution in [1.29, 1.82) is 0 Å². The second-order valence-electron chi connectivity index (χ2n) is 5.66. The summed E-state index contributed by atoms with van der Waals surface area (Å²) in [6.45, 7) is 0.709.